The summed E-state index contributed by atoms with van der Waals surface area (Å²) in [5, 5.41) is 2.96. The van der Waals surface area contributed by atoms with Gasteiger partial charge in [0.1, 0.15) is 5.82 Å². The Morgan fingerprint density at radius 1 is 1.52 bits per heavy atom. The van der Waals surface area contributed by atoms with Crippen molar-refractivity contribution in [3.63, 3.8) is 0 Å². The highest BCUT2D eigenvalue weighted by atomic mass is 79.9. The van der Waals surface area contributed by atoms with E-state index in [0.29, 0.717) is 11.0 Å². The number of rotatable bonds is 5. The number of H-pyrrole nitrogens is 1. The van der Waals surface area contributed by atoms with Crippen molar-refractivity contribution in [3.05, 3.63) is 39.2 Å². The van der Waals surface area contributed by atoms with E-state index in [-0.39, 0.29) is 23.1 Å². The van der Waals surface area contributed by atoms with Gasteiger partial charge in [0.2, 0.25) is 11.8 Å². The Hall–Kier alpha value is -1.87. The summed E-state index contributed by atoms with van der Waals surface area (Å²) in [5.41, 5.74) is -0.334. The van der Waals surface area contributed by atoms with E-state index in [1.165, 1.54) is 13.2 Å². The van der Waals surface area contributed by atoms with Crippen LogP contribution >= 0.6 is 27.7 Å². The smallest absolute Gasteiger partial charge is 0.255 e. The van der Waals surface area contributed by atoms with E-state index in [2.05, 4.69) is 36.2 Å². The normalized spacial score (nSPS) is 10.2. The molecule has 110 valence electrons. The molecule has 0 unspecified atom stereocenters. The van der Waals surface area contributed by atoms with E-state index in [0.717, 1.165) is 16.2 Å². The van der Waals surface area contributed by atoms with Crippen LogP contribution in [0.5, 0.6) is 5.88 Å². The second-order valence-corrected chi connectivity index (χ2v) is 5.67. The molecule has 2 aromatic rings. The van der Waals surface area contributed by atoms with Crippen molar-refractivity contribution in [2.75, 3.05) is 18.2 Å². The number of anilines is 1. The summed E-state index contributed by atoms with van der Waals surface area (Å²) in [7, 11) is 1.42. The lowest BCUT2D eigenvalue weighted by molar-refractivity contribution is -0.113. The van der Waals surface area contributed by atoms with Gasteiger partial charge in [0.25, 0.3) is 5.56 Å². The number of carbonyl (C=O) groups excluding carboxylic acids is 1. The van der Waals surface area contributed by atoms with Gasteiger partial charge in [-0.25, -0.2) is 4.98 Å². The molecule has 0 saturated carbocycles. The van der Waals surface area contributed by atoms with Crippen LogP contribution in [0.25, 0.3) is 0 Å². The Labute approximate surface area is 132 Å². The predicted octanol–water partition coefficient (Wildman–Crippen LogP) is 1.67. The number of hydrogen-bond donors (Lipinski definition) is 2. The van der Waals surface area contributed by atoms with E-state index < -0.39 is 0 Å². The first kappa shape index (κ1) is 15.5. The molecule has 9 heteroatoms. The van der Waals surface area contributed by atoms with Crippen molar-refractivity contribution in [2.45, 2.75) is 5.16 Å². The van der Waals surface area contributed by atoms with Gasteiger partial charge >= 0.3 is 0 Å². The fraction of sp³-hybridized carbons (Fsp3) is 0.167. The maximum Gasteiger partial charge on any atom is 0.255 e. The molecule has 2 rings (SSSR count). The molecule has 0 bridgehead atoms. The molecule has 7 nitrogen and oxygen atoms in total. The third kappa shape index (κ3) is 4.87. The van der Waals surface area contributed by atoms with Gasteiger partial charge in [0.05, 0.1) is 18.9 Å². The number of aromatic amines is 1. The number of pyridine rings is 1. The van der Waals surface area contributed by atoms with Crippen LogP contribution in [0.15, 0.2) is 38.8 Å². The standard InChI is InChI=1S/C12H11BrN4O3S/c1-20-11-4-9(18)16-12(17-11)21-6-10(19)15-8-3-2-7(13)5-14-8/h2-5H,6H2,1H3,(H,14,15,19)(H,16,17,18). The lowest BCUT2D eigenvalue weighted by Gasteiger charge is -2.05. The molecule has 0 aliphatic carbocycles. The summed E-state index contributed by atoms with van der Waals surface area (Å²) < 4.78 is 5.72. The van der Waals surface area contributed by atoms with Crippen molar-refractivity contribution in [1.29, 1.82) is 0 Å². The average molecular weight is 371 g/mol. The SMILES string of the molecule is COc1cc(=O)[nH]c(SCC(=O)Nc2ccc(Br)cn2)n1. The first-order valence-electron chi connectivity index (χ1n) is 5.76. The highest BCUT2D eigenvalue weighted by Crippen LogP contribution is 2.15. The van der Waals surface area contributed by atoms with Crippen LogP contribution in [-0.2, 0) is 4.79 Å². The number of halogens is 1. The molecular formula is C12H11BrN4O3S. The van der Waals surface area contributed by atoms with Crippen LogP contribution in [0.1, 0.15) is 0 Å². The molecule has 0 atom stereocenters. The minimum atomic E-state index is -0.334. The van der Waals surface area contributed by atoms with Gasteiger partial charge in [-0.1, -0.05) is 11.8 Å². The number of ether oxygens (including phenoxy) is 1. The third-order valence-electron chi connectivity index (χ3n) is 2.24. The van der Waals surface area contributed by atoms with Crippen LogP contribution in [0.3, 0.4) is 0 Å². The number of amides is 1. The zero-order valence-corrected chi connectivity index (χ0v) is 13.3. The molecule has 0 spiro atoms. The third-order valence-corrected chi connectivity index (χ3v) is 3.58. The molecule has 1 amide bonds. The van der Waals surface area contributed by atoms with Crippen LogP contribution in [0.2, 0.25) is 0 Å². The first-order valence-corrected chi connectivity index (χ1v) is 7.54. The second-order valence-electron chi connectivity index (χ2n) is 3.79. The second kappa shape index (κ2) is 7.23. The first-order chi connectivity index (χ1) is 10.1. The molecule has 0 aromatic carbocycles. The summed E-state index contributed by atoms with van der Waals surface area (Å²) in [4.78, 5) is 33.7. The highest BCUT2D eigenvalue weighted by Gasteiger charge is 2.07. The number of nitrogens with zero attached hydrogens (tertiary/aromatic N) is 2. The fourth-order valence-electron chi connectivity index (χ4n) is 1.35. The lowest BCUT2D eigenvalue weighted by Crippen LogP contribution is -2.16. The summed E-state index contributed by atoms with van der Waals surface area (Å²) >= 11 is 4.36. The quantitative estimate of drug-likeness (QED) is 0.613. The Kier molecular flexibility index (Phi) is 5.34. The van der Waals surface area contributed by atoms with E-state index in [1.54, 1.807) is 18.3 Å². The van der Waals surface area contributed by atoms with Crippen molar-refractivity contribution in [2.24, 2.45) is 0 Å². The molecule has 0 saturated heterocycles. The summed E-state index contributed by atoms with van der Waals surface area (Å²) in [6.07, 6.45) is 1.59. The van der Waals surface area contributed by atoms with Crippen LogP contribution < -0.4 is 15.6 Å². The van der Waals surface area contributed by atoms with E-state index in [9.17, 15) is 9.59 Å². The van der Waals surface area contributed by atoms with Gasteiger partial charge in [0, 0.05) is 10.7 Å². The van der Waals surface area contributed by atoms with Crippen LogP contribution in [0, 0.1) is 0 Å². The van der Waals surface area contributed by atoms with Crippen molar-refractivity contribution >= 4 is 39.4 Å². The number of methoxy groups -OCH3 is 1. The zero-order chi connectivity index (χ0) is 15.2. The summed E-state index contributed by atoms with van der Waals surface area (Å²) in [6, 6.07) is 4.69. The monoisotopic (exact) mass is 370 g/mol. The topological polar surface area (TPSA) is 97.0 Å². The highest BCUT2D eigenvalue weighted by molar-refractivity contribution is 9.10. The van der Waals surface area contributed by atoms with Gasteiger partial charge in [0.15, 0.2) is 5.16 Å². The van der Waals surface area contributed by atoms with Gasteiger partial charge in [-0.05, 0) is 28.1 Å². The molecule has 2 N–H and O–H groups in total. The average Bonchev–Trinajstić information content (AvgIpc) is 2.47. The van der Waals surface area contributed by atoms with Gasteiger partial charge in [-0.2, -0.15) is 4.98 Å². The lowest BCUT2D eigenvalue weighted by atomic mass is 10.4. The molecule has 0 fully saturated rings. The minimum absolute atomic E-state index is 0.0911. The Balaban J connectivity index is 1.93. The van der Waals surface area contributed by atoms with Crippen molar-refractivity contribution in [1.82, 2.24) is 15.0 Å². The number of aromatic nitrogens is 3. The summed E-state index contributed by atoms with van der Waals surface area (Å²) in [6.45, 7) is 0. The Bertz CT molecular complexity index is 690. The number of carbonyl (C=O) groups is 1. The molecule has 21 heavy (non-hydrogen) atoms. The van der Waals surface area contributed by atoms with E-state index in [1.807, 2.05) is 0 Å². The maximum absolute atomic E-state index is 11.8. The van der Waals surface area contributed by atoms with Crippen LogP contribution in [-0.4, -0.2) is 33.7 Å². The minimum Gasteiger partial charge on any atom is -0.481 e. The maximum atomic E-state index is 11.8. The number of thioether (sulfide) groups is 1. The Morgan fingerprint density at radius 2 is 2.33 bits per heavy atom. The van der Waals surface area contributed by atoms with E-state index >= 15 is 0 Å². The van der Waals surface area contributed by atoms with Crippen LogP contribution in [0.4, 0.5) is 5.82 Å². The molecule has 0 radical (unpaired) electrons. The molecule has 2 heterocycles. The van der Waals surface area contributed by atoms with Gasteiger partial charge < -0.3 is 15.0 Å². The molecule has 0 aliphatic heterocycles. The largest absolute Gasteiger partial charge is 0.481 e. The van der Waals surface area contributed by atoms with Gasteiger partial charge in [-0.15, -0.1) is 0 Å². The molecule has 0 aliphatic rings. The van der Waals surface area contributed by atoms with Gasteiger partial charge in [-0.3, -0.25) is 9.59 Å². The number of hydrogen-bond acceptors (Lipinski definition) is 6. The molecule has 2 aromatic heterocycles. The van der Waals surface area contributed by atoms with Crippen molar-refractivity contribution in [3.8, 4) is 5.88 Å². The number of nitrogens with one attached hydrogen (secondary N) is 2. The molecular weight excluding hydrogens is 360 g/mol. The van der Waals surface area contributed by atoms with E-state index in [4.69, 9.17) is 4.74 Å². The van der Waals surface area contributed by atoms with Crippen molar-refractivity contribution < 1.29 is 9.53 Å². The zero-order valence-electron chi connectivity index (χ0n) is 10.9. The predicted molar refractivity (Wildman–Crippen MR) is 82.7 cm³/mol. The Morgan fingerprint density at radius 3 is 3.00 bits per heavy atom. The summed E-state index contributed by atoms with van der Waals surface area (Å²) in [5.74, 6) is 0.501. The fourth-order valence-corrected chi connectivity index (χ4v) is 2.25.